The van der Waals surface area contributed by atoms with Gasteiger partial charge in [-0.25, -0.2) is 0 Å². The van der Waals surface area contributed by atoms with Crippen LogP contribution in [0.2, 0.25) is 0 Å². The molecule has 1 nitrogen and oxygen atoms in total. The minimum Gasteiger partial charge on any atom is -0.496 e. The van der Waals surface area contributed by atoms with E-state index in [4.69, 9.17) is 4.74 Å². The van der Waals surface area contributed by atoms with E-state index in [0.717, 1.165) is 5.75 Å². The molecule has 0 aliphatic rings. The Balaban J connectivity index is 2.29. The van der Waals surface area contributed by atoms with Gasteiger partial charge in [0.05, 0.1) is 7.11 Å². The molecule has 0 spiro atoms. The molecule has 0 saturated heterocycles. The van der Waals surface area contributed by atoms with E-state index in [-0.39, 0.29) is 11.3 Å². The molecule has 0 N–H and O–H groups in total. The molecular weight excluding hydrogens is 316 g/mol. The van der Waals surface area contributed by atoms with Gasteiger partial charge in [-0.1, -0.05) is 93.6 Å². The second-order valence-corrected chi connectivity index (χ2v) is 7.92. The van der Waals surface area contributed by atoms with Gasteiger partial charge in [-0.05, 0) is 34.6 Å². The van der Waals surface area contributed by atoms with Crippen molar-refractivity contribution in [2.45, 2.75) is 39.0 Å². The maximum absolute atomic E-state index is 5.87. The van der Waals surface area contributed by atoms with Crippen molar-refractivity contribution in [2.75, 3.05) is 7.11 Å². The normalized spacial score (nSPS) is 11.6. The monoisotopic (exact) mass is 344 g/mol. The van der Waals surface area contributed by atoms with Gasteiger partial charge in [0.1, 0.15) is 5.75 Å². The second kappa shape index (κ2) is 7.37. The van der Waals surface area contributed by atoms with Crippen LogP contribution < -0.4 is 4.74 Å². The highest BCUT2D eigenvalue weighted by molar-refractivity contribution is 5.54. The third-order valence-electron chi connectivity index (χ3n) is 4.95. The van der Waals surface area contributed by atoms with E-state index in [0.29, 0.717) is 0 Å². The highest BCUT2D eigenvalue weighted by Gasteiger charge is 2.25. The zero-order valence-corrected chi connectivity index (χ0v) is 16.4. The molecule has 26 heavy (non-hydrogen) atoms. The zero-order chi connectivity index (χ0) is 18.7. The van der Waals surface area contributed by atoms with Gasteiger partial charge in [0.15, 0.2) is 0 Å². The van der Waals surface area contributed by atoms with Gasteiger partial charge < -0.3 is 4.74 Å². The van der Waals surface area contributed by atoms with Crippen molar-refractivity contribution in [1.82, 2.24) is 0 Å². The summed E-state index contributed by atoms with van der Waals surface area (Å²) in [5.41, 5.74) is 6.40. The Bertz CT molecular complexity index is 818. The van der Waals surface area contributed by atoms with Crippen LogP contribution >= 0.6 is 0 Å². The topological polar surface area (TPSA) is 9.23 Å². The van der Waals surface area contributed by atoms with Crippen LogP contribution in [0.1, 0.15) is 54.5 Å². The van der Waals surface area contributed by atoms with Gasteiger partial charge in [-0.15, -0.1) is 0 Å². The van der Waals surface area contributed by atoms with E-state index in [1.54, 1.807) is 7.11 Å². The summed E-state index contributed by atoms with van der Waals surface area (Å²) in [5, 5.41) is 0. The van der Waals surface area contributed by atoms with E-state index in [1.165, 1.54) is 27.8 Å². The summed E-state index contributed by atoms with van der Waals surface area (Å²) in [4.78, 5) is 0. The lowest BCUT2D eigenvalue weighted by atomic mass is 9.79. The predicted molar refractivity (Wildman–Crippen MR) is 110 cm³/mol. The maximum atomic E-state index is 5.87. The molecule has 3 aromatic carbocycles. The fourth-order valence-corrected chi connectivity index (χ4v) is 3.57. The summed E-state index contributed by atoms with van der Waals surface area (Å²) in [6.45, 7) is 8.93. The van der Waals surface area contributed by atoms with Gasteiger partial charge in [-0.2, -0.15) is 0 Å². The first kappa shape index (κ1) is 18.3. The molecule has 0 aliphatic heterocycles. The molecule has 0 bridgehead atoms. The predicted octanol–water partition coefficient (Wildman–Crippen LogP) is 6.48. The third-order valence-corrected chi connectivity index (χ3v) is 4.95. The third kappa shape index (κ3) is 3.67. The first-order chi connectivity index (χ1) is 12.4. The minimum atomic E-state index is 0.0870. The van der Waals surface area contributed by atoms with Crippen LogP contribution in [0, 0.1) is 6.92 Å². The van der Waals surface area contributed by atoms with Crippen molar-refractivity contribution in [1.29, 1.82) is 0 Å². The van der Waals surface area contributed by atoms with Crippen molar-refractivity contribution in [3.63, 3.8) is 0 Å². The summed E-state index contributed by atoms with van der Waals surface area (Å²) >= 11 is 0. The van der Waals surface area contributed by atoms with Crippen LogP contribution in [0.5, 0.6) is 5.75 Å². The first-order valence-corrected chi connectivity index (χ1v) is 9.20. The highest BCUT2D eigenvalue weighted by Crippen LogP contribution is 2.41. The van der Waals surface area contributed by atoms with Crippen molar-refractivity contribution in [3.8, 4) is 5.75 Å². The van der Waals surface area contributed by atoms with Crippen molar-refractivity contribution >= 4 is 0 Å². The summed E-state index contributed by atoms with van der Waals surface area (Å²) in [5.74, 6) is 1.13. The number of hydrogen-bond acceptors (Lipinski definition) is 1. The van der Waals surface area contributed by atoms with Gasteiger partial charge in [0.25, 0.3) is 0 Å². The number of aryl methyl sites for hydroxylation is 1. The van der Waals surface area contributed by atoms with Crippen molar-refractivity contribution in [3.05, 3.63) is 101 Å². The van der Waals surface area contributed by atoms with Crippen molar-refractivity contribution in [2.24, 2.45) is 0 Å². The Kier molecular flexibility index (Phi) is 5.18. The SMILES string of the molecule is COc1c(C)cc(C(C)(C)C)cc1C(c1ccccc1)c1ccccc1. The molecule has 0 aromatic heterocycles. The average Bonchev–Trinajstić information content (AvgIpc) is 2.63. The Morgan fingerprint density at radius 3 is 1.69 bits per heavy atom. The molecule has 3 aromatic rings. The largest absolute Gasteiger partial charge is 0.496 e. The lowest BCUT2D eigenvalue weighted by Gasteiger charge is -2.27. The Morgan fingerprint density at radius 1 is 0.769 bits per heavy atom. The average molecular weight is 344 g/mol. The zero-order valence-electron chi connectivity index (χ0n) is 16.4. The summed E-state index contributed by atoms with van der Waals surface area (Å²) in [6.07, 6.45) is 0. The van der Waals surface area contributed by atoms with Gasteiger partial charge in [0, 0.05) is 11.5 Å². The van der Waals surface area contributed by atoms with E-state index >= 15 is 0 Å². The van der Waals surface area contributed by atoms with Crippen LogP contribution in [-0.4, -0.2) is 7.11 Å². The molecule has 0 radical (unpaired) electrons. The Morgan fingerprint density at radius 2 is 1.27 bits per heavy atom. The van der Waals surface area contributed by atoms with Crippen LogP contribution in [0.15, 0.2) is 72.8 Å². The molecule has 0 unspecified atom stereocenters. The number of ether oxygens (including phenoxy) is 1. The molecule has 0 amide bonds. The van der Waals surface area contributed by atoms with E-state index in [9.17, 15) is 0 Å². The number of rotatable bonds is 4. The molecule has 0 saturated carbocycles. The Labute approximate surface area is 157 Å². The molecule has 134 valence electrons. The molecule has 0 atom stereocenters. The maximum Gasteiger partial charge on any atom is 0.125 e. The molecular formula is C25H28O. The quantitative estimate of drug-likeness (QED) is 0.492. The molecule has 0 heterocycles. The van der Waals surface area contributed by atoms with E-state index in [1.807, 2.05) is 0 Å². The Hall–Kier alpha value is -2.54. The molecule has 3 rings (SSSR count). The summed E-state index contributed by atoms with van der Waals surface area (Å²) < 4.78 is 5.87. The first-order valence-electron chi connectivity index (χ1n) is 9.20. The fraction of sp³-hybridized carbons (Fsp3) is 0.280. The van der Waals surface area contributed by atoms with E-state index < -0.39 is 0 Å². The summed E-state index contributed by atoms with van der Waals surface area (Å²) in [7, 11) is 1.77. The molecule has 0 aliphatic carbocycles. The molecule has 1 heteroatoms. The van der Waals surface area contributed by atoms with Gasteiger partial charge in [0.2, 0.25) is 0 Å². The highest BCUT2D eigenvalue weighted by atomic mass is 16.5. The van der Waals surface area contributed by atoms with Gasteiger partial charge in [-0.3, -0.25) is 0 Å². The fourth-order valence-electron chi connectivity index (χ4n) is 3.57. The van der Waals surface area contributed by atoms with Gasteiger partial charge >= 0.3 is 0 Å². The standard InChI is InChI=1S/C25H28O/c1-18-16-21(25(2,3)4)17-22(24(18)26-5)23(19-12-8-6-9-13-19)20-14-10-7-11-15-20/h6-17,23H,1-5H3. The van der Waals surface area contributed by atoms with Crippen LogP contribution in [0.25, 0.3) is 0 Å². The number of benzene rings is 3. The molecule has 0 fully saturated rings. The van der Waals surface area contributed by atoms with Crippen molar-refractivity contribution < 1.29 is 4.74 Å². The van der Waals surface area contributed by atoms with E-state index in [2.05, 4.69) is 100 Å². The smallest absolute Gasteiger partial charge is 0.125 e. The van der Waals surface area contributed by atoms with Crippen LogP contribution in [0.4, 0.5) is 0 Å². The summed E-state index contributed by atoms with van der Waals surface area (Å²) in [6, 6.07) is 26.0. The lowest BCUT2D eigenvalue weighted by molar-refractivity contribution is 0.405. The lowest BCUT2D eigenvalue weighted by Crippen LogP contribution is -2.14. The minimum absolute atomic E-state index is 0.0870. The van der Waals surface area contributed by atoms with Crippen LogP contribution in [-0.2, 0) is 5.41 Å². The van der Waals surface area contributed by atoms with Crippen LogP contribution in [0.3, 0.4) is 0 Å². The number of methoxy groups -OCH3 is 1. The number of hydrogen-bond donors (Lipinski definition) is 0. The second-order valence-electron chi connectivity index (χ2n) is 7.92.